The molecule has 0 aliphatic carbocycles. The van der Waals surface area contributed by atoms with Crippen LogP contribution in [0.15, 0.2) is 35.2 Å². The molecular weight excluding hydrogens is 410 g/mol. The van der Waals surface area contributed by atoms with Crippen LogP contribution in [0.4, 0.5) is 10.5 Å². The van der Waals surface area contributed by atoms with Gasteiger partial charge in [-0.15, -0.1) is 11.3 Å². The molecule has 2 aromatic rings. The number of hydrogen-bond donors (Lipinski definition) is 1. The summed E-state index contributed by atoms with van der Waals surface area (Å²) in [6.45, 7) is 7.60. The fraction of sp³-hybridized carbons (Fsp3) is 0.522. The topological polar surface area (TPSA) is 68.8 Å². The molecule has 2 fully saturated rings. The van der Waals surface area contributed by atoms with Crippen LogP contribution in [0.25, 0.3) is 0 Å². The fourth-order valence-electron chi connectivity index (χ4n) is 4.41. The van der Waals surface area contributed by atoms with Crippen molar-refractivity contribution in [3.63, 3.8) is 0 Å². The summed E-state index contributed by atoms with van der Waals surface area (Å²) in [5.41, 5.74) is 4.91. The zero-order valence-corrected chi connectivity index (χ0v) is 18.9. The molecule has 4 rings (SSSR count). The molecule has 0 radical (unpaired) electrons. The van der Waals surface area contributed by atoms with Crippen LogP contribution in [-0.4, -0.2) is 70.9 Å². The summed E-state index contributed by atoms with van der Waals surface area (Å²) in [4.78, 5) is 36.3. The van der Waals surface area contributed by atoms with Crippen LogP contribution >= 0.6 is 11.3 Å². The maximum Gasteiger partial charge on any atom is 0.321 e. The van der Waals surface area contributed by atoms with Crippen molar-refractivity contribution in [2.24, 2.45) is 5.92 Å². The van der Waals surface area contributed by atoms with Crippen molar-refractivity contribution >= 4 is 29.0 Å². The molecule has 1 aromatic carbocycles. The van der Waals surface area contributed by atoms with Gasteiger partial charge in [-0.2, -0.15) is 0 Å². The molecule has 0 bridgehead atoms. The Morgan fingerprint density at radius 1 is 1.10 bits per heavy atom. The number of hydrogen-bond acceptors (Lipinski definition) is 5. The Morgan fingerprint density at radius 2 is 1.94 bits per heavy atom. The third kappa shape index (κ3) is 5.83. The van der Waals surface area contributed by atoms with Crippen LogP contribution in [0.1, 0.15) is 30.5 Å². The monoisotopic (exact) mass is 441 g/mol. The molecule has 0 saturated carbocycles. The number of thiazole rings is 1. The Balaban J connectivity index is 1.23. The Labute approximate surface area is 188 Å². The number of rotatable bonds is 4. The van der Waals surface area contributed by atoms with E-state index in [0.717, 1.165) is 68.9 Å². The lowest BCUT2D eigenvalue weighted by atomic mass is 9.95. The van der Waals surface area contributed by atoms with E-state index in [0.29, 0.717) is 13.1 Å². The van der Waals surface area contributed by atoms with Crippen molar-refractivity contribution in [1.29, 1.82) is 0 Å². The van der Waals surface area contributed by atoms with Gasteiger partial charge < -0.3 is 15.1 Å². The second-order valence-corrected chi connectivity index (χ2v) is 9.21. The lowest BCUT2D eigenvalue weighted by Crippen LogP contribution is -2.46. The first-order chi connectivity index (χ1) is 15.1. The van der Waals surface area contributed by atoms with E-state index in [9.17, 15) is 9.59 Å². The summed E-state index contributed by atoms with van der Waals surface area (Å²) in [5, 5.41) is 5.07. The van der Waals surface area contributed by atoms with Gasteiger partial charge in [-0.3, -0.25) is 9.69 Å². The average molecular weight is 442 g/mol. The number of carbonyl (C=O) groups excluding carboxylic acids is 2. The van der Waals surface area contributed by atoms with Crippen molar-refractivity contribution < 1.29 is 9.59 Å². The summed E-state index contributed by atoms with van der Waals surface area (Å²) in [6, 6.07) is 7.73. The number of likely N-dealkylation sites (tertiary alicyclic amines) is 1. The van der Waals surface area contributed by atoms with Crippen LogP contribution in [0, 0.1) is 12.8 Å². The van der Waals surface area contributed by atoms with E-state index >= 15 is 0 Å². The molecule has 2 aliphatic rings. The zero-order chi connectivity index (χ0) is 21.6. The van der Waals surface area contributed by atoms with E-state index in [1.807, 2.05) is 46.5 Å². The number of nitrogens with one attached hydrogen (secondary N) is 1. The van der Waals surface area contributed by atoms with Crippen molar-refractivity contribution in [3.05, 3.63) is 46.4 Å². The van der Waals surface area contributed by atoms with Crippen molar-refractivity contribution in [2.75, 3.05) is 44.6 Å². The Morgan fingerprint density at radius 3 is 2.68 bits per heavy atom. The van der Waals surface area contributed by atoms with Gasteiger partial charge >= 0.3 is 6.03 Å². The summed E-state index contributed by atoms with van der Waals surface area (Å²) in [5.74, 6) is 0.280. The third-order valence-corrected chi connectivity index (χ3v) is 6.81. The van der Waals surface area contributed by atoms with E-state index in [2.05, 4.69) is 20.6 Å². The molecule has 0 spiro atoms. The molecule has 3 amide bonds. The minimum absolute atomic E-state index is 0.0214. The molecule has 2 saturated heterocycles. The van der Waals surface area contributed by atoms with Gasteiger partial charge in [0.1, 0.15) is 0 Å². The van der Waals surface area contributed by atoms with E-state index < -0.39 is 0 Å². The van der Waals surface area contributed by atoms with Gasteiger partial charge in [-0.05, 0) is 43.9 Å². The maximum atomic E-state index is 13.1. The molecule has 2 aliphatic heterocycles. The number of benzene rings is 1. The van der Waals surface area contributed by atoms with Crippen LogP contribution in [0.5, 0.6) is 0 Å². The van der Waals surface area contributed by atoms with Crippen LogP contribution in [0.2, 0.25) is 0 Å². The van der Waals surface area contributed by atoms with E-state index in [1.165, 1.54) is 0 Å². The normalized spacial score (nSPS) is 18.6. The highest BCUT2D eigenvalue weighted by molar-refractivity contribution is 7.07. The first kappa shape index (κ1) is 21.8. The Hall–Kier alpha value is -2.45. The molecule has 7 nitrogen and oxygen atoms in total. The minimum atomic E-state index is -0.0797. The third-order valence-electron chi connectivity index (χ3n) is 6.17. The highest BCUT2D eigenvalue weighted by atomic mass is 32.1. The van der Waals surface area contributed by atoms with Gasteiger partial charge in [-0.25, -0.2) is 9.78 Å². The summed E-state index contributed by atoms with van der Waals surface area (Å²) < 4.78 is 0. The predicted molar refractivity (Wildman–Crippen MR) is 123 cm³/mol. The van der Waals surface area contributed by atoms with Crippen LogP contribution in [-0.2, 0) is 11.3 Å². The number of carbonyl (C=O) groups is 2. The number of aromatic nitrogens is 1. The SMILES string of the molecule is Cc1cccc(NC(=O)N2CCC(C(=O)N3CCCN(Cc4cscn4)CC3)CC2)c1. The molecule has 0 unspecified atom stereocenters. The molecular formula is C23H31N5O2S. The molecule has 0 atom stereocenters. The predicted octanol–water partition coefficient (Wildman–Crippen LogP) is 3.43. The standard InChI is InChI=1S/C23H31N5O2S/c1-18-4-2-5-20(14-18)25-23(30)28-10-6-19(7-11-28)22(29)27-9-3-8-26(12-13-27)15-21-16-31-17-24-21/h2,4-5,14,16-17,19H,3,6-13,15H2,1H3,(H,25,30). The first-order valence-corrected chi connectivity index (χ1v) is 12.0. The minimum Gasteiger partial charge on any atom is -0.341 e. The van der Waals surface area contributed by atoms with Crippen LogP contribution in [0.3, 0.4) is 0 Å². The Kier molecular flexibility index (Phi) is 7.19. The fourth-order valence-corrected chi connectivity index (χ4v) is 4.96. The second kappa shape index (κ2) is 10.2. The molecule has 3 heterocycles. The van der Waals surface area contributed by atoms with E-state index in [1.54, 1.807) is 11.3 Å². The number of anilines is 1. The molecule has 166 valence electrons. The van der Waals surface area contributed by atoms with Gasteiger partial charge in [-0.1, -0.05) is 12.1 Å². The summed E-state index contributed by atoms with van der Waals surface area (Å²) in [7, 11) is 0. The van der Waals surface area contributed by atoms with Gasteiger partial charge in [0.2, 0.25) is 5.91 Å². The smallest absolute Gasteiger partial charge is 0.321 e. The second-order valence-electron chi connectivity index (χ2n) is 8.50. The summed E-state index contributed by atoms with van der Waals surface area (Å²) >= 11 is 1.63. The number of aryl methyl sites for hydroxylation is 1. The van der Waals surface area contributed by atoms with Gasteiger partial charge in [0, 0.05) is 62.8 Å². The van der Waals surface area contributed by atoms with Crippen molar-refractivity contribution in [1.82, 2.24) is 19.7 Å². The number of amides is 3. The number of urea groups is 1. The van der Waals surface area contributed by atoms with Gasteiger partial charge in [0.25, 0.3) is 0 Å². The molecule has 1 aromatic heterocycles. The highest BCUT2D eigenvalue weighted by Gasteiger charge is 2.31. The lowest BCUT2D eigenvalue weighted by molar-refractivity contribution is -0.136. The van der Waals surface area contributed by atoms with Gasteiger partial charge in [0.05, 0.1) is 11.2 Å². The number of nitrogens with zero attached hydrogens (tertiary/aromatic N) is 4. The quantitative estimate of drug-likeness (QED) is 0.789. The summed E-state index contributed by atoms with van der Waals surface area (Å²) in [6.07, 6.45) is 2.46. The van der Waals surface area contributed by atoms with E-state index in [4.69, 9.17) is 0 Å². The highest BCUT2D eigenvalue weighted by Crippen LogP contribution is 2.22. The largest absolute Gasteiger partial charge is 0.341 e. The van der Waals surface area contributed by atoms with Crippen LogP contribution < -0.4 is 5.32 Å². The zero-order valence-electron chi connectivity index (χ0n) is 18.1. The van der Waals surface area contributed by atoms with Crippen molar-refractivity contribution in [3.8, 4) is 0 Å². The molecule has 1 N–H and O–H groups in total. The van der Waals surface area contributed by atoms with E-state index in [-0.39, 0.29) is 17.9 Å². The van der Waals surface area contributed by atoms with Crippen molar-refractivity contribution in [2.45, 2.75) is 32.7 Å². The molecule has 31 heavy (non-hydrogen) atoms. The maximum absolute atomic E-state index is 13.1. The number of piperidine rings is 1. The van der Waals surface area contributed by atoms with Gasteiger partial charge in [0.15, 0.2) is 0 Å². The average Bonchev–Trinajstić information content (AvgIpc) is 3.17. The Bertz CT molecular complexity index is 880. The lowest BCUT2D eigenvalue weighted by Gasteiger charge is -2.34. The first-order valence-electron chi connectivity index (χ1n) is 11.1. The molecule has 8 heteroatoms.